The maximum Gasteiger partial charge on any atom is 0.228 e. The summed E-state index contributed by atoms with van der Waals surface area (Å²) in [7, 11) is 4.21. The summed E-state index contributed by atoms with van der Waals surface area (Å²) >= 11 is 1.51. The molecule has 1 N–H and O–H groups in total. The monoisotopic (exact) mass is 396 g/mol. The van der Waals surface area contributed by atoms with E-state index in [0.29, 0.717) is 11.9 Å². The van der Waals surface area contributed by atoms with Crippen molar-refractivity contribution in [3.8, 4) is 10.7 Å². The van der Waals surface area contributed by atoms with E-state index < -0.39 is 0 Å². The Hall–Kier alpha value is -2.45. The molecule has 0 bridgehead atoms. The molecule has 3 heterocycles. The molecule has 0 radical (unpaired) electrons. The zero-order valence-corrected chi connectivity index (χ0v) is 17.2. The fourth-order valence-electron chi connectivity index (χ4n) is 3.69. The number of fused-ring (bicyclic) bond motifs is 1. The molecule has 0 aromatic carbocycles. The Balaban J connectivity index is 1.49. The van der Waals surface area contributed by atoms with Crippen LogP contribution in [0.1, 0.15) is 30.7 Å². The second kappa shape index (κ2) is 7.89. The van der Waals surface area contributed by atoms with Gasteiger partial charge in [-0.05, 0) is 58.8 Å². The van der Waals surface area contributed by atoms with Crippen LogP contribution in [0.5, 0.6) is 0 Å². The number of aryl methyl sites for hydroxylation is 1. The Morgan fingerprint density at radius 1 is 1.18 bits per heavy atom. The first-order valence-corrected chi connectivity index (χ1v) is 10.4. The molecule has 3 aromatic heterocycles. The molecule has 146 valence electrons. The SMILES string of the molecule is Cc1nnc(-c2ccc3cnc(NC(=O)C4CCC(N(C)C)CC4)cc3n2)s1. The van der Waals surface area contributed by atoms with E-state index in [2.05, 4.69) is 44.5 Å². The predicted octanol–water partition coefficient (Wildman–Crippen LogP) is 3.52. The van der Waals surface area contributed by atoms with E-state index in [1.165, 1.54) is 11.3 Å². The van der Waals surface area contributed by atoms with E-state index in [-0.39, 0.29) is 11.8 Å². The van der Waals surface area contributed by atoms with Crippen LogP contribution in [0.25, 0.3) is 21.6 Å². The number of anilines is 1. The first-order valence-electron chi connectivity index (χ1n) is 9.54. The first-order chi connectivity index (χ1) is 13.5. The van der Waals surface area contributed by atoms with Gasteiger partial charge in [0.05, 0.1) is 5.52 Å². The zero-order chi connectivity index (χ0) is 19.7. The van der Waals surface area contributed by atoms with Gasteiger partial charge in [-0.15, -0.1) is 10.2 Å². The Labute approximate surface area is 168 Å². The molecule has 1 aliphatic rings. The lowest BCUT2D eigenvalue weighted by molar-refractivity contribution is -0.121. The summed E-state index contributed by atoms with van der Waals surface area (Å²) in [5, 5.41) is 13.8. The number of carbonyl (C=O) groups excluding carboxylic acids is 1. The molecule has 1 amide bonds. The smallest absolute Gasteiger partial charge is 0.228 e. The average molecular weight is 397 g/mol. The number of amides is 1. The van der Waals surface area contributed by atoms with Crippen molar-refractivity contribution < 1.29 is 4.79 Å². The van der Waals surface area contributed by atoms with Crippen LogP contribution in [-0.2, 0) is 4.79 Å². The van der Waals surface area contributed by atoms with Crippen LogP contribution in [0.15, 0.2) is 24.4 Å². The third-order valence-electron chi connectivity index (χ3n) is 5.37. The number of aromatic nitrogens is 4. The number of hydrogen-bond donors (Lipinski definition) is 1. The van der Waals surface area contributed by atoms with Crippen molar-refractivity contribution in [2.45, 2.75) is 38.6 Å². The van der Waals surface area contributed by atoms with Crippen LogP contribution >= 0.6 is 11.3 Å². The van der Waals surface area contributed by atoms with Crippen molar-refractivity contribution in [3.63, 3.8) is 0 Å². The number of pyridine rings is 2. The third kappa shape index (κ3) is 4.02. The van der Waals surface area contributed by atoms with Crippen molar-refractivity contribution in [1.29, 1.82) is 0 Å². The van der Waals surface area contributed by atoms with E-state index in [1.807, 2.05) is 25.1 Å². The van der Waals surface area contributed by atoms with E-state index in [9.17, 15) is 4.79 Å². The standard InChI is InChI=1S/C20H24N6OS/c1-12-24-25-20(28-12)16-9-6-14-11-21-18(10-17(14)22-16)23-19(27)13-4-7-15(8-5-13)26(2)3/h6,9-11,13,15H,4-5,7-8H2,1-3H3,(H,21,23,27). The van der Waals surface area contributed by atoms with Crippen LogP contribution in [-0.4, -0.2) is 51.1 Å². The third-order valence-corrected chi connectivity index (χ3v) is 6.23. The van der Waals surface area contributed by atoms with E-state index in [0.717, 1.165) is 52.3 Å². The topological polar surface area (TPSA) is 83.9 Å². The number of hydrogen-bond acceptors (Lipinski definition) is 7. The van der Waals surface area contributed by atoms with E-state index >= 15 is 0 Å². The molecule has 0 aliphatic heterocycles. The lowest BCUT2D eigenvalue weighted by atomic mass is 9.85. The first kappa shape index (κ1) is 18.9. The van der Waals surface area contributed by atoms with Gasteiger partial charge in [-0.2, -0.15) is 0 Å². The van der Waals surface area contributed by atoms with Gasteiger partial charge < -0.3 is 10.2 Å². The normalized spacial score (nSPS) is 19.9. The molecule has 1 fully saturated rings. The molecule has 7 nitrogen and oxygen atoms in total. The van der Waals surface area contributed by atoms with Gasteiger partial charge in [-0.25, -0.2) is 9.97 Å². The van der Waals surface area contributed by atoms with Gasteiger partial charge in [0, 0.05) is 29.6 Å². The summed E-state index contributed by atoms with van der Waals surface area (Å²) in [5.41, 5.74) is 1.57. The van der Waals surface area contributed by atoms with Crippen LogP contribution in [0, 0.1) is 12.8 Å². The number of carbonyl (C=O) groups is 1. The van der Waals surface area contributed by atoms with Crippen molar-refractivity contribution in [2.24, 2.45) is 5.92 Å². The van der Waals surface area contributed by atoms with Gasteiger partial charge in [0.1, 0.15) is 16.5 Å². The summed E-state index contributed by atoms with van der Waals surface area (Å²) in [5.74, 6) is 0.655. The van der Waals surface area contributed by atoms with Gasteiger partial charge in [-0.3, -0.25) is 4.79 Å². The Kier molecular flexibility index (Phi) is 5.32. The minimum Gasteiger partial charge on any atom is -0.310 e. The molecule has 3 aromatic rings. The van der Waals surface area contributed by atoms with Crippen LogP contribution in [0.2, 0.25) is 0 Å². The highest BCUT2D eigenvalue weighted by Gasteiger charge is 2.27. The van der Waals surface area contributed by atoms with Gasteiger partial charge in [0.25, 0.3) is 0 Å². The lowest BCUT2D eigenvalue weighted by Gasteiger charge is -2.31. The fraction of sp³-hybridized carbons (Fsp3) is 0.450. The van der Waals surface area contributed by atoms with Gasteiger partial charge in [0.2, 0.25) is 5.91 Å². The predicted molar refractivity (Wildman–Crippen MR) is 111 cm³/mol. The number of rotatable bonds is 4. The van der Waals surface area contributed by atoms with Crippen molar-refractivity contribution in [3.05, 3.63) is 29.4 Å². The highest BCUT2D eigenvalue weighted by atomic mass is 32.1. The summed E-state index contributed by atoms with van der Waals surface area (Å²) in [4.78, 5) is 24.0. The van der Waals surface area contributed by atoms with Crippen LogP contribution in [0.4, 0.5) is 5.82 Å². The number of nitrogens with one attached hydrogen (secondary N) is 1. The molecule has 4 rings (SSSR count). The molecule has 8 heteroatoms. The average Bonchev–Trinajstić information content (AvgIpc) is 3.14. The molecule has 0 unspecified atom stereocenters. The molecular weight excluding hydrogens is 372 g/mol. The van der Waals surface area contributed by atoms with Crippen LogP contribution < -0.4 is 5.32 Å². The Morgan fingerprint density at radius 2 is 1.96 bits per heavy atom. The maximum absolute atomic E-state index is 12.7. The molecule has 0 spiro atoms. The van der Waals surface area contributed by atoms with Gasteiger partial charge >= 0.3 is 0 Å². The van der Waals surface area contributed by atoms with Crippen molar-refractivity contribution in [2.75, 3.05) is 19.4 Å². The summed E-state index contributed by atoms with van der Waals surface area (Å²) in [6.45, 7) is 1.92. The van der Waals surface area contributed by atoms with E-state index in [4.69, 9.17) is 0 Å². The molecular formula is C20H24N6OS. The second-order valence-electron chi connectivity index (χ2n) is 7.54. The van der Waals surface area contributed by atoms with E-state index in [1.54, 1.807) is 6.20 Å². The maximum atomic E-state index is 12.7. The van der Waals surface area contributed by atoms with Crippen molar-refractivity contribution in [1.82, 2.24) is 25.1 Å². The highest BCUT2D eigenvalue weighted by Crippen LogP contribution is 2.28. The van der Waals surface area contributed by atoms with Gasteiger partial charge in [-0.1, -0.05) is 11.3 Å². The molecule has 1 saturated carbocycles. The summed E-state index contributed by atoms with van der Waals surface area (Å²) in [6.07, 6.45) is 5.70. The minimum absolute atomic E-state index is 0.0531. The Morgan fingerprint density at radius 3 is 2.64 bits per heavy atom. The van der Waals surface area contributed by atoms with Crippen molar-refractivity contribution >= 4 is 34.0 Å². The van der Waals surface area contributed by atoms with Crippen LogP contribution in [0.3, 0.4) is 0 Å². The van der Waals surface area contributed by atoms with Gasteiger partial charge in [0.15, 0.2) is 5.01 Å². The summed E-state index contributed by atoms with van der Waals surface area (Å²) in [6, 6.07) is 6.30. The molecule has 0 atom stereocenters. The molecule has 1 aliphatic carbocycles. The summed E-state index contributed by atoms with van der Waals surface area (Å²) < 4.78 is 0. The fourth-order valence-corrected chi connectivity index (χ4v) is 4.35. The largest absolute Gasteiger partial charge is 0.310 e. The lowest BCUT2D eigenvalue weighted by Crippen LogP contribution is -2.35. The minimum atomic E-state index is 0.0531. The molecule has 0 saturated heterocycles. The molecule has 28 heavy (non-hydrogen) atoms. The second-order valence-corrected chi connectivity index (χ2v) is 8.72. The highest BCUT2D eigenvalue weighted by molar-refractivity contribution is 7.14. The quantitative estimate of drug-likeness (QED) is 0.726. The Bertz CT molecular complexity index is 993. The number of nitrogens with zero attached hydrogens (tertiary/aromatic N) is 5. The zero-order valence-electron chi connectivity index (χ0n) is 16.3.